The Kier molecular flexibility index (Phi) is 7.93. The molecule has 0 aromatic heterocycles. The van der Waals surface area contributed by atoms with E-state index in [0.29, 0.717) is 13.1 Å². The molecular weight excluding hydrogens is 473 g/mol. The standard InChI is InChI=1S/C22H25ClFN3O5S/c1-3-32-22(29)15(2)25-21(28)16-4-9-19(23)20(14-16)33(30,31)27-12-10-26(11-13-27)18-7-5-17(24)6-8-18/h4-9,14-15H,3,10-13H2,1-2H3,(H,25,28). The highest BCUT2D eigenvalue weighted by atomic mass is 35.5. The molecule has 1 unspecified atom stereocenters. The number of amides is 1. The minimum atomic E-state index is -3.97. The largest absolute Gasteiger partial charge is 0.464 e. The molecule has 178 valence electrons. The maximum Gasteiger partial charge on any atom is 0.328 e. The van der Waals surface area contributed by atoms with Gasteiger partial charge in [0.2, 0.25) is 10.0 Å². The molecule has 1 fully saturated rings. The number of benzene rings is 2. The van der Waals surface area contributed by atoms with E-state index in [9.17, 15) is 22.4 Å². The van der Waals surface area contributed by atoms with Crippen LogP contribution in [0.1, 0.15) is 24.2 Å². The van der Waals surface area contributed by atoms with Gasteiger partial charge in [0.25, 0.3) is 5.91 Å². The fourth-order valence-corrected chi connectivity index (χ4v) is 5.35. The summed E-state index contributed by atoms with van der Waals surface area (Å²) in [5.74, 6) is -1.55. The average Bonchev–Trinajstić information content (AvgIpc) is 2.80. The van der Waals surface area contributed by atoms with Gasteiger partial charge in [0.15, 0.2) is 0 Å². The minimum Gasteiger partial charge on any atom is -0.464 e. The SMILES string of the molecule is CCOC(=O)C(C)NC(=O)c1ccc(Cl)c(S(=O)(=O)N2CCN(c3ccc(F)cc3)CC2)c1. The smallest absolute Gasteiger partial charge is 0.328 e. The summed E-state index contributed by atoms with van der Waals surface area (Å²) in [5, 5.41) is 2.48. The topological polar surface area (TPSA) is 96.0 Å². The van der Waals surface area contributed by atoms with Crippen LogP contribution in [0.25, 0.3) is 0 Å². The van der Waals surface area contributed by atoms with Crippen LogP contribution >= 0.6 is 11.6 Å². The normalized spacial score (nSPS) is 15.7. The lowest BCUT2D eigenvalue weighted by molar-refractivity contribution is -0.144. The van der Waals surface area contributed by atoms with E-state index in [4.69, 9.17) is 16.3 Å². The molecule has 3 rings (SSSR count). The highest BCUT2D eigenvalue weighted by Crippen LogP contribution is 2.27. The van der Waals surface area contributed by atoms with Crippen LogP contribution in [-0.2, 0) is 19.6 Å². The van der Waals surface area contributed by atoms with Gasteiger partial charge in [0, 0.05) is 37.4 Å². The van der Waals surface area contributed by atoms with Crippen LogP contribution in [0.2, 0.25) is 5.02 Å². The maximum absolute atomic E-state index is 13.3. The van der Waals surface area contributed by atoms with E-state index in [-0.39, 0.29) is 41.0 Å². The lowest BCUT2D eigenvalue weighted by atomic mass is 10.2. The van der Waals surface area contributed by atoms with Crippen LogP contribution in [-0.4, -0.2) is 63.4 Å². The number of sulfonamides is 1. The second-order valence-corrected chi connectivity index (χ2v) is 9.77. The quantitative estimate of drug-likeness (QED) is 0.591. The van der Waals surface area contributed by atoms with Gasteiger partial charge < -0.3 is 15.0 Å². The van der Waals surface area contributed by atoms with E-state index in [1.165, 1.54) is 41.6 Å². The average molecular weight is 498 g/mol. The number of piperazine rings is 1. The van der Waals surface area contributed by atoms with E-state index in [0.717, 1.165) is 5.69 Å². The number of ether oxygens (including phenoxy) is 1. The Morgan fingerprint density at radius 3 is 2.36 bits per heavy atom. The van der Waals surface area contributed by atoms with Crippen molar-refractivity contribution in [2.24, 2.45) is 0 Å². The number of anilines is 1. The van der Waals surface area contributed by atoms with Crippen molar-refractivity contribution in [3.63, 3.8) is 0 Å². The molecule has 33 heavy (non-hydrogen) atoms. The second-order valence-electron chi connectivity index (χ2n) is 7.46. The number of carbonyl (C=O) groups is 2. The van der Waals surface area contributed by atoms with Crippen LogP contribution < -0.4 is 10.2 Å². The molecule has 0 aliphatic carbocycles. The van der Waals surface area contributed by atoms with Crippen molar-refractivity contribution in [3.05, 3.63) is 58.9 Å². The third kappa shape index (κ3) is 5.82. The van der Waals surface area contributed by atoms with Gasteiger partial charge in [-0.05, 0) is 56.3 Å². The summed E-state index contributed by atoms with van der Waals surface area (Å²) in [7, 11) is -3.97. The van der Waals surface area contributed by atoms with Gasteiger partial charge in [0.05, 0.1) is 11.6 Å². The Labute approximate surface area is 197 Å². The molecule has 1 saturated heterocycles. The number of carbonyl (C=O) groups excluding carboxylic acids is 2. The summed E-state index contributed by atoms with van der Waals surface area (Å²) in [5.41, 5.74) is 0.861. The molecule has 11 heteroatoms. The molecule has 1 aliphatic heterocycles. The molecule has 2 aromatic rings. The van der Waals surface area contributed by atoms with Crippen molar-refractivity contribution < 1.29 is 27.1 Å². The number of halogens is 2. The predicted molar refractivity (Wildman–Crippen MR) is 122 cm³/mol. The van der Waals surface area contributed by atoms with Crippen LogP contribution in [0.15, 0.2) is 47.4 Å². The van der Waals surface area contributed by atoms with Crippen molar-refractivity contribution in [1.82, 2.24) is 9.62 Å². The van der Waals surface area contributed by atoms with Crippen molar-refractivity contribution in [2.45, 2.75) is 24.8 Å². The Bertz CT molecular complexity index is 1120. The van der Waals surface area contributed by atoms with E-state index in [2.05, 4.69) is 5.32 Å². The van der Waals surface area contributed by atoms with Gasteiger partial charge in [-0.25, -0.2) is 17.6 Å². The second kappa shape index (κ2) is 10.5. The zero-order chi connectivity index (χ0) is 24.2. The number of nitrogens with zero attached hydrogens (tertiary/aromatic N) is 2. The Morgan fingerprint density at radius 1 is 1.12 bits per heavy atom. The number of hydrogen-bond acceptors (Lipinski definition) is 6. The van der Waals surface area contributed by atoms with Crippen molar-refractivity contribution in [1.29, 1.82) is 0 Å². The molecule has 1 atom stereocenters. The van der Waals surface area contributed by atoms with Gasteiger partial charge in [-0.3, -0.25) is 4.79 Å². The molecule has 1 N–H and O–H groups in total. The number of hydrogen-bond donors (Lipinski definition) is 1. The molecule has 0 radical (unpaired) electrons. The van der Waals surface area contributed by atoms with E-state index < -0.39 is 27.9 Å². The minimum absolute atomic E-state index is 0.00837. The summed E-state index contributed by atoms with van der Waals surface area (Å²) in [6.45, 7) is 4.54. The van der Waals surface area contributed by atoms with Gasteiger partial charge in [0.1, 0.15) is 16.8 Å². The van der Waals surface area contributed by atoms with Crippen LogP contribution in [0.5, 0.6) is 0 Å². The third-order valence-electron chi connectivity index (χ3n) is 5.23. The van der Waals surface area contributed by atoms with Crippen LogP contribution in [0.3, 0.4) is 0 Å². The zero-order valence-corrected chi connectivity index (χ0v) is 19.8. The number of esters is 1. The number of rotatable bonds is 7. The Morgan fingerprint density at radius 2 is 1.76 bits per heavy atom. The molecule has 8 nitrogen and oxygen atoms in total. The molecule has 0 bridgehead atoms. The fourth-order valence-electron chi connectivity index (χ4n) is 3.43. The summed E-state index contributed by atoms with van der Waals surface area (Å²) in [4.78, 5) is 26.1. The molecule has 0 spiro atoms. The van der Waals surface area contributed by atoms with E-state index >= 15 is 0 Å². The highest BCUT2D eigenvalue weighted by molar-refractivity contribution is 7.89. The lowest BCUT2D eigenvalue weighted by Crippen LogP contribution is -2.48. The molecule has 2 aromatic carbocycles. The first-order chi connectivity index (χ1) is 15.6. The molecule has 1 heterocycles. The van der Waals surface area contributed by atoms with Gasteiger partial charge in [-0.2, -0.15) is 4.31 Å². The maximum atomic E-state index is 13.3. The van der Waals surface area contributed by atoms with Crippen molar-refractivity contribution >= 4 is 39.2 Å². The van der Waals surface area contributed by atoms with Gasteiger partial charge in [-0.1, -0.05) is 11.6 Å². The monoisotopic (exact) mass is 497 g/mol. The van der Waals surface area contributed by atoms with Crippen molar-refractivity contribution in [2.75, 3.05) is 37.7 Å². The third-order valence-corrected chi connectivity index (χ3v) is 7.61. The zero-order valence-electron chi connectivity index (χ0n) is 18.3. The first-order valence-corrected chi connectivity index (χ1v) is 12.2. The first-order valence-electron chi connectivity index (χ1n) is 10.4. The van der Waals surface area contributed by atoms with E-state index in [1.54, 1.807) is 19.1 Å². The van der Waals surface area contributed by atoms with Gasteiger partial charge >= 0.3 is 5.97 Å². The summed E-state index contributed by atoms with van der Waals surface area (Å²) in [6.07, 6.45) is 0. The Balaban J connectivity index is 1.73. The molecule has 0 saturated carbocycles. The predicted octanol–water partition coefficient (Wildman–Crippen LogP) is 2.67. The molecule has 1 amide bonds. The van der Waals surface area contributed by atoms with Crippen LogP contribution in [0.4, 0.5) is 10.1 Å². The number of nitrogens with one attached hydrogen (secondary N) is 1. The van der Waals surface area contributed by atoms with E-state index in [1.807, 2.05) is 4.90 Å². The van der Waals surface area contributed by atoms with Crippen molar-refractivity contribution in [3.8, 4) is 0 Å². The fraction of sp³-hybridized carbons (Fsp3) is 0.364. The summed E-state index contributed by atoms with van der Waals surface area (Å²) >= 11 is 6.18. The molecule has 1 aliphatic rings. The first kappa shape index (κ1) is 24.9. The Hall–Kier alpha value is -2.69. The van der Waals surface area contributed by atoms with Crippen LogP contribution in [0, 0.1) is 5.82 Å². The molecular formula is C22H25ClFN3O5S. The van der Waals surface area contributed by atoms with Gasteiger partial charge in [-0.15, -0.1) is 0 Å². The summed E-state index contributed by atoms with van der Waals surface area (Å²) < 4.78 is 45.8. The highest BCUT2D eigenvalue weighted by Gasteiger charge is 2.31. The lowest BCUT2D eigenvalue weighted by Gasteiger charge is -2.35. The summed E-state index contributed by atoms with van der Waals surface area (Å²) in [6, 6.07) is 9.05.